The zero-order valence-electron chi connectivity index (χ0n) is 12.1. The molecule has 0 radical (unpaired) electrons. The molecule has 0 bridgehead atoms. The minimum atomic E-state index is 0.804. The third kappa shape index (κ3) is 4.28. The van der Waals surface area contributed by atoms with Crippen LogP contribution in [-0.2, 0) is 13.1 Å². The van der Waals surface area contributed by atoms with E-state index in [1.165, 1.54) is 5.56 Å². The summed E-state index contributed by atoms with van der Waals surface area (Å²) in [6.07, 6.45) is 7.29. The molecule has 0 aromatic carbocycles. The van der Waals surface area contributed by atoms with Gasteiger partial charge < -0.3 is 5.32 Å². The highest BCUT2D eigenvalue weighted by Gasteiger charge is 2.06. The van der Waals surface area contributed by atoms with Crippen LogP contribution >= 0.6 is 0 Å². The normalized spacial score (nSPS) is 10.8. The number of nitrogens with one attached hydrogen (secondary N) is 1. The molecule has 2 aromatic heterocycles. The Labute approximate surface area is 120 Å². The van der Waals surface area contributed by atoms with E-state index < -0.39 is 0 Å². The fraction of sp³-hybridized carbons (Fsp3) is 0.400. The van der Waals surface area contributed by atoms with Gasteiger partial charge in [0, 0.05) is 32.0 Å². The summed E-state index contributed by atoms with van der Waals surface area (Å²) in [5, 5.41) is 3.15. The summed E-state index contributed by atoms with van der Waals surface area (Å²) in [5.41, 5.74) is 2.25. The first kappa shape index (κ1) is 14.4. The van der Waals surface area contributed by atoms with Crippen LogP contribution in [0.4, 0.5) is 5.82 Å². The van der Waals surface area contributed by atoms with E-state index in [-0.39, 0.29) is 0 Å². The molecule has 2 aromatic rings. The number of hydrogen-bond donors (Lipinski definition) is 1. The Morgan fingerprint density at radius 1 is 1.05 bits per heavy atom. The van der Waals surface area contributed by atoms with Crippen molar-refractivity contribution in [2.24, 2.45) is 0 Å². The summed E-state index contributed by atoms with van der Waals surface area (Å²) in [6, 6.07) is 4.09. The highest BCUT2D eigenvalue weighted by atomic mass is 15.1. The van der Waals surface area contributed by atoms with Crippen LogP contribution in [0.5, 0.6) is 0 Å². The Morgan fingerprint density at radius 3 is 2.45 bits per heavy atom. The molecule has 2 heterocycles. The Hall–Kier alpha value is -2.01. The Kier molecular flexibility index (Phi) is 5.43. The van der Waals surface area contributed by atoms with Crippen LogP contribution < -0.4 is 5.32 Å². The minimum absolute atomic E-state index is 0.804. The molecule has 106 valence electrons. The predicted octanol–water partition coefficient (Wildman–Crippen LogP) is 2.33. The lowest BCUT2D eigenvalue weighted by Gasteiger charge is -2.19. The third-order valence-corrected chi connectivity index (χ3v) is 3.05. The summed E-state index contributed by atoms with van der Waals surface area (Å²) in [4.78, 5) is 15.2. The van der Waals surface area contributed by atoms with E-state index in [2.05, 4.69) is 32.1 Å². The third-order valence-electron chi connectivity index (χ3n) is 3.05. The first-order valence-corrected chi connectivity index (χ1v) is 6.97. The second-order valence-electron chi connectivity index (χ2n) is 4.58. The van der Waals surface area contributed by atoms with Crippen LogP contribution in [0, 0.1) is 0 Å². The lowest BCUT2D eigenvalue weighted by molar-refractivity contribution is 0.267. The van der Waals surface area contributed by atoms with E-state index in [1.807, 2.05) is 37.6 Å². The maximum absolute atomic E-state index is 4.45. The highest BCUT2D eigenvalue weighted by molar-refractivity contribution is 5.30. The Bertz CT molecular complexity index is 497. The molecule has 0 saturated heterocycles. The summed E-state index contributed by atoms with van der Waals surface area (Å²) < 4.78 is 0. The van der Waals surface area contributed by atoms with E-state index >= 15 is 0 Å². The fourth-order valence-electron chi connectivity index (χ4n) is 1.96. The van der Waals surface area contributed by atoms with E-state index in [4.69, 9.17) is 0 Å². The van der Waals surface area contributed by atoms with Gasteiger partial charge in [0.05, 0.1) is 18.1 Å². The average Bonchev–Trinajstić information content (AvgIpc) is 2.50. The van der Waals surface area contributed by atoms with Crippen LogP contribution in [-0.4, -0.2) is 32.9 Å². The number of aromatic nitrogens is 3. The first-order chi connectivity index (χ1) is 9.81. The molecule has 0 atom stereocenters. The zero-order valence-corrected chi connectivity index (χ0v) is 12.1. The van der Waals surface area contributed by atoms with Gasteiger partial charge >= 0.3 is 0 Å². The van der Waals surface area contributed by atoms with E-state index in [1.54, 1.807) is 6.20 Å². The smallest absolute Gasteiger partial charge is 0.144 e. The van der Waals surface area contributed by atoms with E-state index in [9.17, 15) is 0 Å². The summed E-state index contributed by atoms with van der Waals surface area (Å²) in [7, 11) is 0. The first-order valence-electron chi connectivity index (χ1n) is 6.97. The maximum atomic E-state index is 4.45. The van der Waals surface area contributed by atoms with E-state index in [0.29, 0.717) is 0 Å². The van der Waals surface area contributed by atoms with Crippen LogP contribution in [0.25, 0.3) is 0 Å². The van der Waals surface area contributed by atoms with Crippen LogP contribution in [0.2, 0.25) is 0 Å². The lowest BCUT2D eigenvalue weighted by atomic mass is 10.2. The molecular weight excluding hydrogens is 250 g/mol. The van der Waals surface area contributed by atoms with Crippen LogP contribution in [0.15, 0.2) is 36.9 Å². The molecule has 20 heavy (non-hydrogen) atoms. The molecule has 1 N–H and O–H groups in total. The lowest BCUT2D eigenvalue weighted by Crippen LogP contribution is -2.23. The maximum Gasteiger partial charge on any atom is 0.144 e. The molecule has 0 aliphatic heterocycles. The molecule has 0 fully saturated rings. The summed E-state index contributed by atoms with van der Waals surface area (Å²) in [5.74, 6) is 0.827. The van der Waals surface area contributed by atoms with Gasteiger partial charge in [-0.05, 0) is 31.2 Å². The van der Waals surface area contributed by atoms with Crippen molar-refractivity contribution in [2.45, 2.75) is 26.9 Å². The average molecular weight is 271 g/mol. The number of pyridine rings is 1. The highest BCUT2D eigenvalue weighted by Crippen LogP contribution is 2.08. The quantitative estimate of drug-likeness (QED) is 0.837. The van der Waals surface area contributed by atoms with Gasteiger partial charge in [0.1, 0.15) is 5.82 Å². The van der Waals surface area contributed by atoms with Gasteiger partial charge in [-0.15, -0.1) is 0 Å². The molecule has 0 unspecified atom stereocenters. The van der Waals surface area contributed by atoms with Crippen molar-refractivity contribution in [3.05, 3.63) is 48.2 Å². The van der Waals surface area contributed by atoms with Crippen molar-refractivity contribution in [3.63, 3.8) is 0 Å². The summed E-state index contributed by atoms with van der Waals surface area (Å²) >= 11 is 0. The van der Waals surface area contributed by atoms with Gasteiger partial charge in [-0.25, -0.2) is 4.98 Å². The van der Waals surface area contributed by atoms with Crippen molar-refractivity contribution < 1.29 is 0 Å². The Morgan fingerprint density at radius 2 is 1.85 bits per heavy atom. The van der Waals surface area contributed by atoms with Crippen molar-refractivity contribution in [3.8, 4) is 0 Å². The van der Waals surface area contributed by atoms with Gasteiger partial charge in [-0.3, -0.25) is 14.9 Å². The molecule has 0 spiro atoms. The van der Waals surface area contributed by atoms with Gasteiger partial charge in [0.2, 0.25) is 0 Å². The van der Waals surface area contributed by atoms with Crippen LogP contribution in [0.3, 0.4) is 0 Å². The number of nitrogens with zero attached hydrogens (tertiary/aromatic N) is 4. The van der Waals surface area contributed by atoms with Crippen molar-refractivity contribution in [1.82, 2.24) is 19.9 Å². The topological polar surface area (TPSA) is 53.9 Å². The largest absolute Gasteiger partial charge is 0.369 e. The SMILES string of the molecule is CCNc1cnc(CN(CC)Cc2ccncc2)cn1. The predicted molar refractivity (Wildman–Crippen MR) is 80.2 cm³/mol. The van der Waals surface area contributed by atoms with E-state index in [0.717, 1.165) is 37.7 Å². The molecule has 2 rings (SSSR count). The fourth-order valence-corrected chi connectivity index (χ4v) is 1.96. The van der Waals surface area contributed by atoms with Crippen LogP contribution in [0.1, 0.15) is 25.1 Å². The van der Waals surface area contributed by atoms with Gasteiger partial charge in [-0.1, -0.05) is 6.92 Å². The minimum Gasteiger partial charge on any atom is -0.369 e. The second kappa shape index (κ2) is 7.55. The van der Waals surface area contributed by atoms with Crippen molar-refractivity contribution in [1.29, 1.82) is 0 Å². The molecule has 5 nitrogen and oxygen atoms in total. The molecule has 0 aliphatic carbocycles. The van der Waals surface area contributed by atoms with Gasteiger partial charge in [0.15, 0.2) is 0 Å². The van der Waals surface area contributed by atoms with Gasteiger partial charge in [-0.2, -0.15) is 0 Å². The number of hydrogen-bond acceptors (Lipinski definition) is 5. The monoisotopic (exact) mass is 271 g/mol. The number of rotatable bonds is 7. The molecule has 5 heteroatoms. The molecule has 0 aliphatic rings. The zero-order chi connectivity index (χ0) is 14.2. The van der Waals surface area contributed by atoms with Crippen molar-refractivity contribution >= 4 is 5.82 Å². The van der Waals surface area contributed by atoms with Gasteiger partial charge in [0.25, 0.3) is 0 Å². The standard InChI is InChI=1S/C15H21N5/c1-3-17-15-10-18-14(9-19-15)12-20(4-2)11-13-5-7-16-8-6-13/h5-10H,3-4,11-12H2,1-2H3,(H,17,19). The molecule has 0 saturated carbocycles. The number of anilines is 1. The Balaban J connectivity index is 1.95. The summed E-state index contributed by atoms with van der Waals surface area (Å²) in [6.45, 7) is 7.73. The second-order valence-corrected chi connectivity index (χ2v) is 4.58. The molecule has 0 amide bonds. The molecular formula is C15H21N5. The van der Waals surface area contributed by atoms with Crippen molar-refractivity contribution in [2.75, 3.05) is 18.4 Å².